The quantitative estimate of drug-likeness (QED) is 0.0270. The Hall–Kier alpha value is -4.83. The SMILES string of the molecule is CCCCCC=CC(=O)[O-].CCCCCCC=CC(=O)[O-].CCCCCCCCC(=O)[O-].COCC[NH2+]CCOC.COCC[NH2+]CCOC.COCC[NH2+]CCOC.COCC[NH2+]CCOC.COCC[NH2+]CCOC.O=C(O)CCCCCCC(=O)O.O=C([O-])CCCCCCCC(=O)[O-]. The maximum atomic E-state index is 10.0. The van der Waals surface area contributed by atoms with Crippen LogP contribution in [0.5, 0.6) is 0 Å². The fourth-order valence-corrected chi connectivity index (χ4v) is 7.32. The van der Waals surface area contributed by atoms with E-state index in [1.54, 1.807) is 83.3 Å². The number of carbonyl (C=O) groups is 7. The summed E-state index contributed by atoms with van der Waals surface area (Å²) in [6, 6.07) is 0. The molecule has 0 aliphatic carbocycles. The van der Waals surface area contributed by atoms with Gasteiger partial charge < -0.3 is 134 Å². The molecule has 29 nitrogen and oxygen atoms in total. The largest absolute Gasteiger partial charge is 0.550 e. The number of unbranched alkanes of at least 4 members (excludes halogenated alkanes) is 19. The van der Waals surface area contributed by atoms with E-state index >= 15 is 0 Å². The van der Waals surface area contributed by atoms with Crippen LogP contribution < -0.4 is 52.1 Å². The third-order valence-corrected chi connectivity index (χ3v) is 13.0. The highest BCUT2D eigenvalue weighted by Gasteiger charge is 1.99. The highest BCUT2D eigenvalue weighted by Crippen LogP contribution is 2.08. The van der Waals surface area contributed by atoms with Gasteiger partial charge in [-0.1, -0.05) is 129 Å². The lowest BCUT2D eigenvalue weighted by Crippen LogP contribution is -2.86. The normalized spacial score (nSPS) is 10.0. The van der Waals surface area contributed by atoms with Gasteiger partial charge in [-0.25, -0.2) is 0 Å². The van der Waals surface area contributed by atoms with Gasteiger partial charge in [0, 0.05) is 102 Å². The minimum atomic E-state index is -1.10. The number of methoxy groups -OCH3 is 10. The van der Waals surface area contributed by atoms with E-state index in [-0.39, 0.29) is 32.1 Å². The van der Waals surface area contributed by atoms with Crippen LogP contribution in [0.25, 0.3) is 0 Å². The molecule has 0 aliphatic heterocycles. The average Bonchev–Trinajstić information content (AvgIpc) is 3.77. The molecule has 12 N–H and O–H groups in total. The monoisotopic (exact) mass is 1480 g/mol. The molecular weight excluding hydrogens is 1330 g/mol. The number of hydrogen-bond acceptors (Lipinski definition) is 22. The van der Waals surface area contributed by atoms with Crippen LogP contribution in [0.1, 0.15) is 207 Å². The Morgan fingerprint density at radius 2 is 0.431 bits per heavy atom. The van der Waals surface area contributed by atoms with Crippen LogP contribution in [0.3, 0.4) is 0 Å². The summed E-state index contributed by atoms with van der Waals surface area (Å²) in [5.74, 6) is -6.72. The molecule has 0 fully saturated rings. The number of nitrogens with two attached hydrogens (primary N) is 5. The minimum Gasteiger partial charge on any atom is -0.550 e. The molecule has 0 aliphatic rings. The summed E-state index contributed by atoms with van der Waals surface area (Å²) in [5, 5.41) is 77.1. The van der Waals surface area contributed by atoms with E-state index in [2.05, 4.69) is 47.4 Å². The van der Waals surface area contributed by atoms with E-state index in [0.29, 0.717) is 25.7 Å². The molecule has 29 heteroatoms. The lowest BCUT2D eigenvalue weighted by Gasteiger charge is -2.03. The van der Waals surface area contributed by atoms with Crippen molar-refractivity contribution in [2.75, 3.05) is 203 Å². The number of aliphatic carboxylic acids is 7. The smallest absolute Gasteiger partial charge is 0.303 e. The van der Waals surface area contributed by atoms with Gasteiger partial charge in [-0.3, -0.25) is 9.59 Å². The summed E-state index contributed by atoms with van der Waals surface area (Å²) in [6.45, 7) is 24.9. The molecule has 0 spiro atoms. The number of carboxylic acid groups (broad SMARTS) is 7. The second kappa shape index (κ2) is 123. The van der Waals surface area contributed by atoms with E-state index < -0.39 is 41.8 Å². The van der Waals surface area contributed by atoms with Gasteiger partial charge in [-0.05, 0) is 89.2 Å². The van der Waals surface area contributed by atoms with Crippen molar-refractivity contribution in [3.8, 4) is 0 Å². The highest BCUT2D eigenvalue weighted by atomic mass is 16.5. The van der Waals surface area contributed by atoms with Gasteiger partial charge in [-0.2, -0.15) is 0 Å². The number of allylic oxidation sites excluding steroid dienone is 2. The number of rotatable bonds is 63. The molecule has 614 valence electrons. The lowest BCUT2D eigenvalue weighted by molar-refractivity contribution is -0.657. The van der Waals surface area contributed by atoms with Crippen LogP contribution in [0.2, 0.25) is 0 Å². The number of ether oxygens (including phenoxy) is 10. The molecule has 0 bridgehead atoms. The van der Waals surface area contributed by atoms with Crippen molar-refractivity contribution >= 4 is 41.8 Å². The van der Waals surface area contributed by atoms with Crippen molar-refractivity contribution in [1.82, 2.24) is 0 Å². The zero-order valence-corrected chi connectivity index (χ0v) is 66.2. The van der Waals surface area contributed by atoms with E-state index in [1.165, 1.54) is 51.4 Å². The summed E-state index contributed by atoms with van der Waals surface area (Å²) in [4.78, 5) is 69.8. The molecule has 0 heterocycles. The molecule has 0 aromatic rings. The van der Waals surface area contributed by atoms with Gasteiger partial charge in [0.1, 0.15) is 0 Å². The average molecular weight is 1490 g/mol. The summed E-state index contributed by atoms with van der Waals surface area (Å²) >= 11 is 0. The second-order valence-electron chi connectivity index (χ2n) is 22.6. The molecule has 0 unspecified atom stereocenters. The van der Waals surface area contributed by atoms with Crippen molar-refractivity contribution < 1.29 is 143 Å². The van der Waals surface area contributed by atoms with Crippen molar-refractivity contribution in [1.29, 1.82) is 0 Å². The van der Waals surface area contributed by atoms with Crippen LogP contribution in [0.15, 0.2) is 24.3 Å². The number of carbonyl (C=O) groups excluding carboxylic acids is 5. The molecule has 0 amide bonds. The van der Waals surface area contributed by atoms with Crippen molar-refractivity contribution in [3.05, 3.63) is 24.3 Å². The third-order valence-electron chi connectivity index (χ3n) is 13.0. The fraction of sp³-hybridized carbons (Fsp3) is 0.849. The molecule has 0 saturated heterocycles. The Bertz CT molecular complexity index is 1510. The van der Waals surface area contributed by atoms with E-state index in [9.17, 15) is 59.1 Å². The fourth-order valence-electron chi connectivity index (χ4n) is 7.32. The van der Waals surface area contributed by atoms with Gasteiger partial charge >= 0.3 is 11.9 Å². The van der Waals surface area contributed by atoms with Crippen molar-refractivity contribution in [2.24, 2.45) is 0 Å². The number of carboxylic acids is 7. The molecule has 0 aromatic heterocycles. The maximum Gasteiger partial charge on any atom is 0.303 e. The Balaban J connectivity index is -0.000000116. The Morgan fingerprint density at radius 1 is 0.265 bits per heavy atom. The molecule has 0 radical (unpaired) electrons. The van der Waals surface area contributed by atoms with Gasteiger partial charge in [0.15, 0.2) is 0 Å². The first-order chi connectivity index (χ1) is 49.1. The molecule has 0 aromatic carbocycles. The second-order valence-corrected chi connectivity index (χ2v) is 22.6. The molecule has 0 rings (SSSR count). The highest BCUT2D eigenvalue weighted by molar-refractivity contribution is 5.77. The van der Waals surface area contributed by atoms with Crippen LogP contribution >= 0.6 is 0 Å². The molecular formula is C73H153N5O24. The summed E-state index contributed by atoms with van der Waals surface area (Å²) in [5.41, 5.74) is 0. The summed E-state index contributed by atoms with van der Waals surface area (Å²) < 4.78 is 48.5. The Labute approximate surface area is 616 Å². The first-order valence-electron chi connectivity index (χ1n) is 36.9. The lowest BCUT2D eigenvalue weighted by atomic mass is 10.1. The maximum absolute atomic E-state index is 10.0. The topological polar surface area (TPSA) is 451 Å². The van der Waals surface area contributed by atoms with Crippen molar-refractivity contribution in [3.63, 3.8) is 0 Å². The first kappa shape index (κ1) is 118. The summed E-state index contributed by atoms with van der Waals surface area (Å²) in [6.07, 6.45) is 29.5. The number of quaternary nitrogens is 5. The van der Waals surface area contributed by atoms with Gasteiger partial charge in [0.05, 0.1) is 143 Å². The van der Waals surface area contributed by atoms with Crippen LogP contribution in [0.4, 0.5) is 0 Å². The van der Waals surface area contributed by atoms with Gasteiger partial charge in [0.2, 0.25) is 0 Å². The van der Waals surface area contributed by atoms with Crippen molar-refractivity contribution in [2.45, 2.75) is 207 Å². The van der Waals surface area contributed by atoms with Crippen LogP contribution in [-0.4, -0.2) is 255 Å². The van der Waals surface area contributed by atoms with Crippen LogP contribution in [-0.2, 0) is 80.9 Å². The third kappa shape index (κ3) is 187. The van der Waals surface area contributed by atoms with E-state index in [0.717, 1.165) is 221 Å². The van der Waals surface area contributed by atoms with Gasteiger partial charge in [0.25, 0.3) is 0 Å². The van der Waals surface area contributed by atoms with Gasteiger partial charge in [-0.15, -0.1) is 0 Å². The van der Waals surface area contributed by atoms with E-state index in [1.807, 2.05) is 0 Å². The zero-order chi connectivity index (χ0) is 79.1. The number of hydrogen-bond donors (Lipinski definition) is 7. The Morgan fingerprint density at radius 3 is 0.608 bits per heavy atom. The Kier molecular flexibility index (Phi) is 143. The minimum absolute atomic E-state index is 0.0977. The molecule has 102 heavy (non-hydrogen) atoms. The molecule has 0 atom stereocenters. The van der Waals surface area contributed by atoms with E-state index in [4.69, 9.17) is 57.6 Å². The first-order valence-corrected chi connectivity index (χ1v) is 36.9. The standard InChI is InChI=1S/C9H16O4.C9H18O2.C9H16O2.C8H14O4.C8H14O2.5C6H15NO2/c10-8(11)6-4-2-1-3-5-7-9(12)13;2*1-2-3-4-5-6-7-8-9(10)11;9-7(10)5-3-1-2-4-6-8(11)12;1-2-3-4-5-6-7-8(9)10;5*1-8-5-3-7-4-6-9-2/h1-7H2,(H,10,11)(H,12,13);2-8H2,1H3,(H,10,11);7-8H,2-6H2,1H3,(H,10,11);1-6H2,(H,9,10)(H,11,12);6-7H,2-5H2,1H3,(H,9,10);5*7H,3-6H2,1-2H3. The predicted octanol–water partition coefficient (Wildman–Crippen LogP) is -1.45. The zero-order valence-electron chi connectivity index (χ0n) is 66.2. The molecule has 0 saturated carbocycles. The van der Waals surface area contributed by atoms with Crippen LogP contribution in [0, 0.1) is 0 Å². The predicted molar refractivity (Wildman–Crippen MR) is 387 cm³/mol. The summed E-state index contributed by atoms with van der Waals surface area (Å²) in [7, 11) is 17.1.